The van der Waals surface area contributed by atoms with Crippen molar-refractivity contribution < 1.29 is 9.53 Å². The molecule has 1 aromatic carbocycles. The lowest BCUT2D eigenvalue weighted by Gasteiger charge is -2.05. The molecule has 1 aromatic rings. The first-order valence-electron chi connectivity index (χ1n) is 3.92. The molecule has 2 nitrogen and oxygen atoms in total. The van der Waals surface area contributed by atoms with Crippen LogP contribution in [0.15, 0.2) is 16.6 Å². The van der Waals surface area contributed by atoms with Gasteiger partial charge in [0.25, 0.3) is 5.24 Å². The largest absolute Gasteiger partial charge is 0.479 e. The molecule has 0 aromatic heterocycles. The van der Waals surface area contributed by atoms with Gasteiger partial charge in [-0.1, -0.05) is 11.6 Å². The Hall–Kier alpha value is -0.250. The third-order valence-electron chi connectivity index (χ3n) is 2.00. The third kappa shape index (κ3) is 1.76. The summed E-state index contributed by atoms with van der Waals surface area (Å²) >= 11 is 14.5. The second-order valence-electron chi connectivity index (χ2n) is 2.99. The van der Waals surface area contributed by atoms with Crippen molar-refractivity contribution in [1.29, 1.82) is 0 Å². The number of hydrogen-bond donors (Lipinski definition) is 0. The standard InChI is InChI=1S/C9H5BrCl2O2/c10-6-3-5(11)1-4-2-7(9(12)13)14-8(4)6/h1,3,7H,2H2/t7-/m1/s1. The van der Waals surface area contributed by atoms with Crippen molar-refractivity contribution >= 4 is 44.4 Å². The van der Waals surface area contributed by atoms with Crippen LogP contribution in [0.2, 0.25) is 5.02 Å². The van der Waals surface area contributed by atoms with Crippen LogP contribution in [0, 0.1) is 0 Å². The van der Waals surface area contributed by atoms with Crippen molar-refractivity contribution in [2.24, 2.45) is 0 Å². The summed E-state index contributed by atoms with van der Waals surface area (Å²) in [6.45, 7) is 0. The van der Waals surface area contributed by atoms with E-state index in [0.717, 1.165) is 10.0 Å². The summed E-state index contributed by atoms with van der Waals surface area (Å²) in [4.78, 5) is 10.9. The molecule has 0 N–H and O–H groups in total. The lowest BCUT2D eigenvalue weighted by molar-refractivity contribution is -0.117. The van der Waals surface area contributed by atoms with Crippen LogP contribution in [0.1, 0.15) is 5.56 Å². The maximum Gasteiger partial charge on any atom is 0.262 e. The van der Waals surface area contributed by atoms with E-state index < -0.39 is 11.3 Å². The molecular formula is C9H5BrCl2O2. The number of halogens is 3. The topological polar surface area (TPSA) is 26.3 Å². The molecule has 1 atom stereocenters. The van der Waals surface area contributed by atoms with E-state index in [0.29, 0.717) is 17.2 Å². The zero-order valence-electron chi connectivity index (χ0n) is 6.89. The highest BCUT2D eigenvalue weighted by Gasteiger charge is 2.29. The van der Waals surface area contributed by atoms with Gasteiger partial charge in [-0.2, -0.15) is 0 Å². The van der Waals surface area contributed by atoms with Crippen molar-refractivity contribution in [3.8, 4) is 5.75 Å². The Kier molecular flexibility index (Phi) is 2.73. The van der Waals surface area contributed by atoms with E-state index in [-0.39, 0.29) is 0 Å². The summed E-state index contributed by atoms with van der Waals surface area (Å²) in [5, 5.41) is 0.131. The molecule has 0 bridgehead atoms. The van der Waals surface area contributed by atoms with E-state index in [1.54, 1.807) is 12.1 Å². The average molecular weight is 296 g/mol. The van der Waals surface area contributed by atoms with Gasteiger partial charge in [-0.15, -0.1) is 0 Å². The van der Waals surface area contributed by atoms with Gasteiger partial charge in [0, 0.05) is 17.0 Å². The van der Waals surface area contributed by atoms with Crippen molar-refractivity contribution in [3.05, 3.63) is 27.2 Å². The van der Waals surface area contributed by atoms with Crippen LogP contribution < -0.4 is 4.74 Å². The van der Waals surface area contributed by atoms with Gasteiger partial charge in [0.05, 0.1) is 4.47 Å². The molecule has 0 spiro atoms. The van der Waals surface area contributed by atoms with Crippen LogP contribution in [-0.2, 0) is 11.2 Å². The first-order chi connectivity index (χ1) is 6.58. The Morgan fingerprint density at radius 3 is 2.93 bits per heavy atom. The number of carbonyl (C=O) groups excluding carboxylic acids is 1. The van der Waals surface area contributed by atoms with Gasteiger partial charge in [-0.25, -0.2) is 0 Å². The summed E-state index contributed by atoms with van der Waals surface area (Å²) in [5.41, 5.74) is 0.906. The van der Waals surface area contributed by atoms with E-state index in [4.69, 9.17) is 27.9 Å². The minimum absolute atomic E-state index is 0.482. The summed E-state index contributed by atoms with van der Waals surface area (Å²) < 4.78 is 6.12. The Balaban J connectivity index is 2.39. The molecule has 2 rings (SSSR count). The average Bonchev–Trinajstić information content (AvgIpc) is 2.47. The highest BCUT2D eigenvalue weighted by molar-refractivity contribution is 9.10. The summed E-state index contributed by atoms with van der Waals surface area (Å²) in [7, 11) is 0. The second-order valence-corrected chi connectivity index (χ2v) is 4.65. The molecule has 0 saturated heterocycles. The van der Waals surface area contributed by atoms with Gasteiger partial charge in [0.1, 0.15) is 5.75 Å². The van der Waals surface area contributed by atoms with Gasteiger partial charge in [-0.05, 0) is 39.7 Å². The van der Waals surface area contributed by atoms with Crippen molar-refractivity contribution in [1.82, 2.24) is 0 Å². The SMILES string of the molecule is O=C(Cl)[C@H]1Cc2cc(Cl)cc(Br)c2O1. The van der Waals surface area contributed by atoms with Crippen LogP contribution in [0.25, 0.3) is 0 Å². The van der Waals surface area contributed by atoms with Crippen LogP contribution in [0.5, 0.6) is 5.75 Å². The molecule has 0 fully saturated rings. The number of ether oxygens (including phenoxy) is 1. The zero-order chi connectivity index (χ0) is 10.3. The number of fused-ring (bicyclic) bond motifs is 1. The molecule has 5 heteroatoms. The maximum absolute atomic E-state index is 10.9. The first kappa shape index (κ1) is 10.3. The van der Waals surface area contributed by atoms with Crippen LogP contribution in [-0.4, -0.2) is 11.3 Å². The quantitative estimate of drug-likeness (QED) is 0.744. The predicted molar refractivity (Wildman–Crippen MR) is 58.1 cm³/mol. The molecule has 1 aliphatic rings. The van der Waals surface area contributed by atoms with Crippen LogP contribution in [0.4, 0.5) is 0 Å². The molecule has 0 unspecified atom stereocenters. The fraction of sp³-hybridized carbons (Fsp3) is 0.222. The number of carbonyl (C=O) groups is 1. The van der Waals surface area contributed by atoms with Crippen molar-refractivity contribution in [2.45, 2.75) is 12.5 Å². The van der Waals surface area contributed by atoms with Gasteiger partial charge in [-0.3, -0.25) is 4.79 Å². The van der Waals surface area contributed by atoms with E-state index in [1.807, 2.05) is 0 Å². The molecule has 0 saturated carbocycles. The van der Waals surface area contributed by atoms with Crippen molar-refractivity contribution in [2.75, 3.05) is 0 Å². The predicted octanol–water partition coefficient (Wildman–Crippen LogP) is 3.17. The van der Waals surface area contributed by atoms with Crippen molar-refractivity contribution in [3.63, 3.8) is 0 Å². The molecule has 74 valence electrons. The van der Waals surface area contributed by atoms with Crippen LogP contribution in [0.3, 0.4) is 0 Å². The van der Waals surface area contributed by atoms with Gasteiger partial charge in [0.2, 0.25) is 0 Å². The third-order valence-corrected chi connectivity index (χ3v) is 3.05. The number of hydrogen-bond acceptors (Lipinski definition) is 2. The normalized spacial score (nSPS) is 18.9. The molecule has 0 aliphatic carbocycles. The number of benzene rings is 1. The molecule has 0 radical (unpaired) electrons. The summed E-state index contributed by atoms with van der Waals surface area (Å²) in [6, 6.07) is 3.50. The molecule has 0 amide bonds. The molecular weight excluding hydrogens is 291 g/mol. The monoisotopic (exact) mass is 294 g/mol. The Morgan fingerprint density at radius 2 is 2.29 bits per heavy atom. The summed E-state index contributed by atoms with van der Waals surface area (Å²) in [5.74, 6) is 0.661. The Bertz CT molecular complexity index is 406. The maximum atomic E-state index is 10.9. The lowest BCUT2D eigenvalue weighted by Crippen LogP contribution is -2.20. The molecule has 1 heterocycles. The van der Waals surface area contributed by atoms with E-state index in [9.17, 15) is 4.79 Å². The van der Waals surface area contributed by atoms with Crippen LogP contribution >= 0.6 is 39.1 Å². The minimum Gasteiger partial charge on any atom is -0.479 e. The van der Waals surface area contributed by atoms with E-state index in [2.05, 4.69) is 15.9 Å². The van der Waals surface area contributed by atoms with Gasteiger partial charge >= 0.3 is 0 Å². The fourth-order valence-electron chi connectivity index (χ4n) is 1.41. The highest BCUT2D eigenvalue weighted by Crippen LogP contribution is 2.38. The first-order valence-corrected chi connectivity index (χ1v) is 5.47. The minimum atomic E-state index is -0.582. The smallest absolute Gasteiger partial charge is 0.262 e. The summed E-state index contributed by atoms with van der Waals surface area (Å²) in [6.07, 6.45) is -0.0990. The molecule has 14 heavy (non-hydrogen) atoms. The fourth-order valence-corrected chi connectivity index (χ4v) is 2.50. The zero-order valence-corrected chi connectivity index (χ0v) is 9.99. The Labute approximate surface area is 99.3 Å². The van der Waals surface area contributed by atoms with E-state index in [1.165, 1.54) is 0 Å². The van der Waals surface area contributed by atoms with E-state index >= 15 is 0 Å². The lowest BCUT2D eigenvalue weighted by atomic mass is 10.1. The highest BCUT2D eigenvalue weighted by atomic mass is 79.9. The Morgan fingerprint density at radius 1 is 1.57 bits per heavy atom. The number of rotatable bonds is 1. The second kappa shape index (κ2) is 3.72. The van der Waals surface area contributed by atoms with Gasteiger partial charge < -0.3 is 4.74 Å². The van der Waals surface area contributed by atoms with Gasteiger partial charge in [0.15, 0.2) is 6.10 Å². The molecule has 1 aliphatic heterocycles.